The van der Waals surface area contributed by atoms with Crippen LogP contribution in [0.1, 0.15) is 57.8 Å². The van der Waals surface area contributed by atoms with Gasteiger partial charge in [0.2, 0.25) is 0 Å². The van der Waals surface area contributed by atoms with Gasteiger partial charge >= 0.3 is 5.97 Å². The molecule has 0 amide bonds. The monoisotopic (exact) mass is 251 g/mol. The highest BCUT2D eigenvalue weighted by molar-refractivity contribution is 5.67. The van der Waals surface area contributed by atoms with Gasteiger partial charge in [0, 0.05) is 19.1 Å². The fourth-order valence-corrected chi connectivity index (χ4v) is 4.49. The molecule has 0 radical (unpaired) electrons. The van der Waals surface area contributed by atoms with Gasteiger partial charge in [-0.15, -0.1) is 0 Å². The third-order valence-electron chi connectivity index (χ3n) is 5.65. The highest BCUT2D eigenvalue weighted by atomic mass is 16.4. The van der Waals surface area contributed by atoms with Crippen LogP contribution in [0.25, 0.3) is 0 Å². The number of nitrogens with zero attached hydrogens (tertiary/aromatic N) is 1. The molecule has 2 saturated carbocycles. The highest BCUT2D eigenvalue weighted by Gasteiger charge is 2.41. The fourth-order valence-electron chi connectivity index (χ4n) is 4.49. The first-order chi connectivity index (χ1) is 8.67. The Morgan fingerprint density at radius 1 is 1.11 bits per heavy atom. The van der Waals surface area contributed by atoms with Crippen LogP contribution in [0.4, 0.5) is 0 Å². The van der Waals surface area contributed by atoms with Crippen molar-refractivity contribution in [3.05, 3.63) is 0 Å². The number of carbonyl (C=O) groups is 1. The predicted molar refractivity (Wildman–Crippen MR) is 70.5 cm³/mol. The van der Waals surface area contributed by atoms with Crippen LogP contribution in [0.2, 0.25) is 0 Å². The molecule has 3 fully saturated rings. The second kappa shape index (κ2) is 4.84. The molecule has 1 spiro atoms. The quantitative estimate of drug-likeness (QED) is 0.838. The van der Waals surface area contributed by atoms with E-state index in [9.17, 15) is 4.79 Å². The summed E-state index contributed by atoms with van der Waals surface area (Å²) in [7, 11) is 0. The molecule has 3 heteroatoms. The van der Waals surface area contributed by atoms with E-state index in [1.807, 2.05) is 0 Å². The second-order valence-corrected chi connectivity index (χ2v) is 6.86. The van der Waals surface area contributed by atoms with Gasteiger partial charge in [0.15, 0.2) is 0 Å². The van der Waals surface area contributed by atoms with Gasteiger partial charge in [-0.2, -0.15) is 0 Å². The van der Waals surface area contributed by atoms with Crippen LogP contribution in [-0.4, -0.2) is 35.1 Å². The van der Waals surface area contributed by atoms with Crippen LogP contribution in [0.15, 0.2) is 0 Å². The van der Waals surface area contributed by atoms with E-state index >= 15 is 0 Å². The first-order valence-corrected chi connectivity index (χ1v) is 7.63. The molecule has 1 aliphatic heterocycles. The number of rotatable bonds is 3. The molecule has 102 valence electrons. The van der Waals surface area contributed by atoms with Gasteiger partial charge in [0.25, 0.3) is 0 Å². The molecule has 1 saturated heterocycles. The van der Waals surface area contributed by atoms with Crippen LogP contribution in [-0.2, 0) is 4.79 Å². The molecule has 0 atom stereocenters. The largest absolute Gasteiger partial charge is 0.481 e. The Morgan fingerprint density at radius 3 is 2.28 bits per heavy atom. The molecule has 0 bridgehead atoms. The number of hydrogen-bond donors (Lipinski definition) is 1. The van der Waals surface area contributed by atoms with Gasteiger partial charge in [0.05, 0.1) is 6.42 Å². The summed E-state index contributed by atoms with van der Waals surface area (Å²) in [6.07, 6.45) is 11.8. The Morgan fingerprint density at radius 2 is 1.72 bits per heavy atom. The van der Waals surface area contributed by atoms with Crippen LogP contribution in [0, 0.1) is 11.3 Å². The van der Waals surface area contributed by atoms with Crippen molar-refractivity contribution in [2.75, 3.05) is 13.1 Å². The zero-order chi connectivity index (χ0) is 12.6. The number of carboxylic acid groups (broad SMARTS) is 1. The van der Waals surface area contributed by atoms with E-state index in [2.05, 4.69) is 4.90 Å². The molecule has 0 aromatic rings. The van der Waals surface area contributed by atoms with E-state index in [0.29, 0.717) is 12.3 Å². The van der Waals surface area contributed by atoms with Crippen LogP contribution >= 0.6 is 0 Å². The lowest BCUT2D eigenvalue weighted by Gasteiger charge is -2.48. The number of likely N-dealkylation sites (tertiary alicyclic amines) is 1. The smallest absolute Gasteiger partial charge is 0.303 e. The topological polar surface area (TPSA) is 40.5 Å². The molecule has 0 aromatic heterocycles. The van der Waals surface area contributed by atoms with Crippen molar-refractivity contribution in [3.8, 4) is 0 Å². The molecule has 3 rings (SSSR count). The summed E-state index contributed by atoms with van der Waals surface area (Å²) in [5.41, 5.74) is 0.724. The van der Waals surface area contributed by atoms with Crippen molar-refractivity contribution in [1.82, 2.24) is 4.90 Å². The zero-order valence-corrected chi connectivity index (χ0v) is 11.2. The Labute approximate surface area is 110 Å². The highest BCUT2D eigenvalue weighted by Crippen LogP contribution is 2.50. The van der Waals surface area contributed by atoms with Gasteiger partial charge in [-0.1, -0.05) is 12.8 Å². The van der Waals surface area contributed by atoms with Crippen molar-refractivity contribution < 1.29 is 9.90 Å². The first kappa shape index (κ1) is 12.5. The minimum atomic E-state index is -0.631. The maximum atomic E-state index is 10.6. The van der Waals surface area contributed by atoms with Gasteiger partial charge in [-0.3, -0.25) is 9.69 Å². The average molecular weight is 251 g/mol. The number of carboxylic acids is 1. The van der Waals surface area contributed by atoms with E-state index in [0.717, 1.165) is 24.5 Å². The van der Waals surface area contributed by atoms with Crippen LogP contribution in [0.5, 0.6) is 0 Å². The van der Waals surface area contributed by atoms with Crippen molar-refractivity contribution in [2.45, 2.75) is 63.8 Å². The molecule has 18 heavy (non-hydrogen) atoms. The second-order valence-electron chi connectivity index (χ2n) is 6.86. The van der Waals surface area contributed by atoms with Crippen molar-refractivity contribution >= 4 is 5.97 Å². The summed E-state index contributed by atoms with van der Waals surface area (Å²) in [6, 6.07) is 0.765. The number of aliphatic carboxylic acids is 1. The lowest BCUT2D eigenvalue weighted by Crippen LogP contribution is -2.54. The molecule has 3 aliphatic rings. The van der Waals surface area contributed by atoms with E-state index in [-0.39, 0.29) is 0 Å². The maximum absolute atomic E-state index is 10.6. The lowest BCUT2D eigenvalue weighted by molar-refractivity contribution is -0.140. The summed E-state index contributed by atoms with van der Waals surface area (Å²) in [4.78, 5) is 13.2. The number of hydrogen-bond acceptors (Lipinski definition) is 2. The Kier molecular flexibility index (Phi) is 3.35. The van der Waals surface area contributed by atoms with E-state index in [4.69, 9.17) is 5.11 Å². The minimum absolute atomic E-state index is 0.368. The normalized spacial score (nSPS) is 29.6. The summed E-state index contributed by atoms with van der Waals surface area (Å²) in [5, 5.41) is 8.77. The lowest BCUT2D eigenvalue weighted by atomic mass is 9.70. The van der Waals surface area contributed by atoms with E-state index < -0.39 is 5.97 Å². The minimum Gasteiger partial charge on any atom is -0.481 e. The summed E-state index contributed by atoms with van der Waals surface area (Å²) in [5.74, 6) is -0.210. The Bertz CT molecular complexity index is 306. The molecule has 0 unspecified atom stereocenters. The van der Waals surface area contributed by atoms with E-state index in [1.54, 1.807) is 0 Å². The summed E-state index contributed by atoms with van der Waals surface area (Å²) >= 11 is 0. The van der Waals surface area contributed by atoms with Crippen molar-refractivity contribution in [2.24, 2.45) is 11.3 Å². The Hall–Kier alpha value is -0.570. The van der Waals surface area contributed by atoms with Gasteiger partial charge < -0.3 is 5.11 Å². The third-order valence-corrected chi connectivity index (χ3v) is 5.65. The molecule has 2 aliphatic carbocycles. The summed E-state index contributed by atoms with van der Waals surface area (Å²) < 4.78 is 0. The molecular weight excluding hydrogens is 226 g/mol. The average Bonchev–Trinajstić information content (AvgIpc) is 2.73. The van der Waals surface area contributed by atoms with Gasteiger partial charge in [-0.05, 0) is 49.9 Å². The maximum Gasteiger partial charge on any atom is 0.303 e. The van der Waals surface area contributed by atoms with Crippen molar-refractivity contribution in [1.29, 1.82) is 0 Å². The fraction of sp³-hybridized carbons (Fsp3) is 0.933. The SMILES string of the molecule is O=C(O)CC1CN(C2CCC3(CCCC3)CC2)C1. The third kappa shape index (κ3) is 2.42. The standard InChI is InChI=1S/C15H25NO2/c17-14(18)9-12-10-16(11-12)13-3-7-15(8-4-13)5-1-2-6-15/h12-13H,1-11H2,(H,17,18). The molecular formula is C15H25NO2. The molecule has 1 N–H and O–H groups in total. The first-order valence-electron chi connectivity index (χ1n) is 7.63. The van der Waals surface area contributed by atoms with E-state index in [1.165, 1.54) is 51.4 Å². The Balaban J connectivity index is 1.43. The summed E-state index contributed by atoms with van der Waals surface area (Å²) in [6.45, 7) is 2.06. The zero-order valence-electron chi connectivity index (χ0n) is 11.2. The van der Waals surface area contributed by atoms with Crippen molar-refractivity contribution in [3.63, 3.8) is 0 Å². The van der Waals surface area contributed by atoms with Crippen LogP contribution in [0.3, 0.4) is 0 Å². The molecule has 1 heterocycles. The molecule has 3 nitrogen and oxygen atoms in total. The van der Waals surface area contributed by atoms with Crippen LogP contribution < -0.4 is 0 Å². The predicted octanol–water partition coefficient (Wildman–Crippen LogP) is 2.90. The molecule has 0 aromatic carbocycles. The van der Waals surface area contributed by atoms with Gasteiger partial charge in [0.1, 0.15) is 0 Å². The van der Waals surface area contributed by atoms with Gasteiger partial charge in [-0.25, -0.2) is 0 Å².